The van der Waals surface area contributed by atoms with Crippen LogP contribution in [0.3, 0.4) is 0 Å². The van der Waals surface area contributed by atoms with E-state index in [-0.39, 0.29) is 11.7 Å². The number of benzene rings is 2. The number of H-pyrrole nitrogens is 1. The summed E-state index contributed by atoms with van der Waals surface area (Å²) >= 11 is 1.34. The van der Waals surface area contributed by atoms with Crippen molar-refractivity contribution in [3.8, 4) is 0 Å². The summed E-state index contributed by atoms with van der Waals surface area (Å²) in [6, 6.07) is 17.6. The highest BCUT2D eigenvalue weighted by molar-refractivity contribution is 7.99. The molecule has 1 aromatic heterocycles. The van der Waals surface area contributed by atoms with Gasteiger partial charge in [-0.2, -0.15) is 5.10 Å². The molecule has 2 aromatic carbocycles. The van der Waals surface area contributed by atoms with E-state index in [2.05, 4.69) is 20.5 Å². The van der Waals surface area contributed by atoms with Gasteiger partial charge >= 0.3 is 0 Å². The van der Waals surface area contributed by atoms with Crippen molar-refractivity contribution < 1.29 is 4.79 Å². The summed E-state index contributed by atoms with van der Waals surface area (Å²) in [6.07, 6.45) is 5.25. The number of aromatic nitrogens is 2. The summed E-state index contributed by atoms with van der Waals surface area (Å²) in [4.78, 5) is 19.3. The molecule has 120 valence electrons. The van der Waals surface area contributed by atoms with Crippen molar-refractivity contribution >= 4 is 41.0 Å². The Kier molecular flexibility index (Phi) is 5.42. The summed E-state index contributed by atoms with van der Waals surface area (Å²) in [5.41, 5.74) is 5.42. The number of carbonyl (C=O) groups excluding carboxylic acids is 1. The molecule has 0 aliphatic heterocycles. The largest absolute Gasteiger partial charge is 0.333 e. The van der Waals surface area contributed by atoms with E-state index in [1.165, 1.54) is 11.8 Å². The van der Waals surface area contributed by atoms with E-state index < -0.39 is 0 Å². The molecule has 0 atom stereocenters. The molecule has 0 bridgehead atoms. The summed E-state index contributed by atoms with van der Waals surface area (Å²) in [5.74, 6) is 0.0735. The quantitative estimate of drug-likeness (QED) is 0.411. The number of hydrogen-bond donors (Lipinski definition) is 2. The third-order valence-corrected chi connectivity index (χ3v) is 4.02. The first-order valence-corrected chi connectivity index (χ1v) is 8.41. The van der Waals surface area contributed by atoms with Crippen molar-refractivity contribution in [2.24, 2.45) is 5.10 Å². The van der Waals surface area contributed by atoms with E-state index in [0.717, 1.165) is 21.8 Å². The highest BCUT2D eigenvalue weighted by Gasteiger charge is 2.05. The van der Waals surface area contributed by atoms with Gasteiger partial charge in [0.15, 0.2) is 5.16 Å². The van der Waals surface area contributed by atoms with Gasteiger partial charge in [-0.3, -0.25) is 4.79 Å². The van der Waals surface area contributed by atoms with Crippen LogP contribution in [0.2, 0.25) is 0 Å². The first kappa shape index (κ1) is 16.0. The summed E-state index contributed by atoms with van der Waals surface area (Å²) in [5, 5.41) is 4.61. The van der Waals surface area contributed by atoms with Gasteiger partial charge in [-0.05, 0) is 23.8 Å². The summed E-state index contributed by atoms with van der Waals surface area (Å²) in [6.45, 7) is 0. The molecule has 3 rings (SSSR count). The number of hydrazone groups is 1. The number of amides is 1. The van der Waals surface area contributed by atoms with Gasteiger partial charge in [0.2, 0.25) is 0 Å². The van der Waals surface area contributed by atoms with Gasteiger partial charge in [0.25, 0.3) is 5.91 Å². The lowest BCUT2D eigenvalue weighted by atomic mass is 10.2. The van der Waals surface area contributed by atoms with Crippen molar-refractivity contribution in [3.63, 3.8) is 0 Å². The third kappa shape index (κ3) is 4.57. The van der Waals surface area contributed by atoms with Gasteiger partial charge in [0.1, 0.15) is 0 Å². The Morgan fingerprint density at radius 2 is 1.96 bits per heavy atom. The average Bonchev–Trinajstić information content (AvgIpc) is 3.03. The predicted octanol–water partition coefficient (Wildman–Crippen LogP) is 3.47. The number of nitrogens with zero attached hydrogens (tertiary/aromatic N) is 2. The fourth-order valence-corrected chi connectivity index (χ4v) is 2.71. The van der Waals surface area contributed by atoms with Crippen LogP contribution in [0, 0.1) is 0 Å². The molecule has 2 N–H and O–H groups in total. The zero-order valence-corrected chi connectivity index (χ0v) is 13.7. The maximum absolute atomic E-state index is 11.8. The molecule has 0 fully saturated rings. The van der Waals surface area contributed by atoms with Crippen LogP contribution in [-0.4, -0.2) is 27.8 Å². The van der Waals surface area contributed by atoms with Crippen molar-refractivity contribution in [1.29, 1.82) is 0 Å². The van der Waals surface area contributed by atoms with Crippen molar-refractivity contribution in [2.75, 3.05) is 5.75 Å². The van der Waals surface area contributed by atoms with Gasteiger partial charge < -0.3 is 4.98 Å². The van der Waals surface area contributed by atoms with E-state index in [1.807, 2.05) is 60.7 Å². The minimum atomic E-state index is -0.176. The number of aromatic amines is 1. The molecule has 0 radical (unpaired) electrons. The monoisotopic (exact) mass is 336 g/mol. The van der Waals surface area contributed by atoms with Gasteiger partial charge in [-0.25, -0.2) is 10.4 Å². The topological polar surface area (TPSA) is 70.1 Å². The zero-order valence-electron chi connectivity index (χ0n) is 12.8. The van der Waals surface area contributed by atoms with Crippen LogP contribution in [-0.2, 0) is 4.79 Å². The smallest absolute Gasteiger partial charge is 0.250 e. The summed E-state index contributed by atoms with van der Waals surface area (Å²) in [7, 11) is 0. The van der Waals surface area contributed by atoms with E-state index in [0.29, 0.717) is 0 Å². The SMILES string of the molecule is O=C(CSc1nc2ccccc2[nH]1)N/N=C/C=C/c1ccccc1. The number of thioether (sulfide) groups is 1. The minimum Gasteiger partial charge on any atom is -0.333 e. The molecule has 0 aliphatic rings. The highest BCUT2D eigenvalue weighted by Crippen LogP contribution is 2.18. The van der Waals surface area contributed by atoms with E-state index in [4.69, 9.17) is 0 Å². The fraction of sp³-hybridized carbons (Fsp3) is 0.0556. The number of para-hydroxylation sites is 2. The molecule has 24 heavy (non-hydrogen) atoms. The number of hydrogen-bond acceptors (Lipinski definition) is 4. The van der Waals surface area contributed by atoms with Crippen LogP contribution in [0.4, 0.5) is 0 Å². The molecule has 0 spiro atoms. The van der Waals surface area contributed by atoms with Crippen LogP contribution in [0.15, 0.2) is 70.9 Å². The fourth-order valence-electron chi connectivity index (χ4n) is 2.03. The molecule has 1 heterocycles. The Labute approximate surface area is 143 Å². The van der Waals surface area contributed by atoms with Crippen molar-refractivity contribution in [2.45, 2.75) is 5.16 Å². The molecular formula is C18H16N4OS. The molecule has 1 amide bonds. The molecule has 6 heteroatoms. The van der Waals surface area contributed by atoms with Crippen LogP contribution >= 0.6 is 11.8 Å². The van der Waals surface area contributed by atoms with Gasteiger partial charge in [0.05, 0.1) is 16.8 Å². The third-order valence-electron chi connectivity index (χ3n) is 3.15. The number of fused-ring (bicyclic) bond motifs is 1. The van der Waals surface area contributed by atoms with E-state index in [9.17, 15) is 4.79 Å². The predicted molar refractivity (Wildman–Crippen MR) is 98.9 cm³/mol. The lowest BCUT2D eigenvalue weighted by Gasteiger charge is -1.96. The average molecular weight is 336 g/mol. The van der Waals surface area contributed by atoms with Gasteiger partial charge in [-0.1, -0.05) is 60.3 Å². The maximum atomic E-state index is 11.8. The first-order valence-electron chi connectivity index (χ1n) is 7.42. The molecule has 0 aliphatic carbocycles. The van der Waals surface area contributed by atoms with Gasteiger partial charge in [-0.15, -0.1) is 0 Å². The Bertz CT molecular complexity index is 838. The standard InChI is InChI=1S/C18H16N4OS/c23-17(22-19-12-6-9-14-7-2-1-3-8-14)13-24-18-20-15-10-4-5-11-16(15)21-18/h1-12H,13H2,(H,20,21)(H,22,23)/b9-6+,19-12+. The lowest BCUT2D eigenvalue weighted by molar-refractivity contribution is -0.118. The lowest BCUT2D eigenvalue weighted by Crippen LogP contribution is -2.19. The zero-order chi connectivity index (χ0) is 16.6. The Morgan fingerprint density at radius 1 is 1.17 bits per heavy atom. The van der Waals surface area contributed by atoms with E-state index in [1.54, 1.807) is 12.3 Å². The number of nitrogens with one attached hydrogen (secondary N) is 2. The normalized spacial score (nSPS) is 11.5. The van der Waals surface area contributed by atoms with Crippen molar-refractivity contribution in [1.82, 2.24) is 15.4 Å². The van der Waals surface area contributed by atoms with Crippen LogP contribution in [0.25, 0.3) is 17.1 Å². The Hall–Kier alpha value is -2.86. The Morgan fingerprint density at radius 3 is 2.79 bits per heavy atom. The Balaban J connectivity index is 1.44. The van der Waals surface area contributed by atoms with E-state index >= 15 is 0 Å². The van der Waals surface area contributed by atoms with Crippen LogP contribution in [0.1, 0.15) is 5.56 Å². The van der Waals surface area contributed by atoms with Gasteiger partial charge in [0, 0.05) is 6.21 Å². The maximum Gasteiger partial charge on any atom is 0.250 e. The number of carbonyl (C=O) groups is 1. The molecule has 0 unspecified atom stereocenters. The number of rotatable bonds is 6. The first-order chi connectivity index (χ1) is 11.8. The second-order valence-corrected chi connectivity index (χ2v) is 5.89. The highest BCUT2D eigenvalue weighted by atomic mass is 32.2. The molecule has 0 saturated heterocycles. The summed E-state index contributed by atoms with van der Waals surface area (Å²) < 4.78 is 0. The second-order valence-electron chi connectivity index (χ2n) is 4.93. The molecule has 0 saturated carbocycles. The van der Waals surface area contributed by atoms with Crippen LogP contribution < -0.4 is 5.43 Å². The second kappa shape index (κ2) is 8.12. The molecule has 3 aromatic rings. The van der Waals surface area contributed by atoms with Crippen molar-refractivity contribution in [3.05, 3.63) is 66.2 Å². The number of allylic oxidation sites excluding steroid dienone is 1. The molecular weight excluding hydrogens is 320 g/mol. The molecule has 5 nitrogen and oxygen atoms in total. The minimum absolute atomic E-state index is 0.176. The number of imidazole rings is 1. The van der Waals surface area contributed by atoms with Crippen LogP contribution in [0.5, 0.6) is 0 Å².